The van der Waals surface area contributed by atoms with Crippen LogP contribution in [0.2, 0.25) is 0 Å². The minimum absolute atomic E-state index is 0.262. The summed E-state index contributed by atoms with van der Waals surface area (Å²) in [5.74, 6) is 0.113. The van der Waals surface area contributed by atoms with Crippen LogP contribution in [0.3, 0.4) is 0 Å². The third-order valence-corrected chi connectivity index (χ3v) is 6.99. The fraction of sp³-hybridized carbons (Fsp3) is 0.231. The first-order valence-electron chi connectivity index (χ1n) is 10.7. The Morgan fingerprint density at radius 3 is 2.38 bits per heavy atom. The van der Waals surface area contributed by atoms with Gasteiger partial charge >= 0.3 is 0 Å². The Kier molecular flexibility index (Phi) is 6.15. The monoisotopic (exact) mass is 545 g/mol. The minimum atomic E-state index is -0.364. The fourth-order valence-electron chi connectivity index (χ4n) is 4.37. The Hall–Kier alpha value is -2.45. The van der Waals surface area contributed by atoms with Crippen LogP contribution < -0.4 is 4.74 Å². The van der Waals surface area contributed by atoms with Gasteiger partial charge in [-0.15, -0.1) is 0 Å². The van der Waals surface area contributed by atoms with E-state index < -0.39 is 0 Å². The summed E-state index contributed by atoms with van der Waals surface area (Å²) in [6.07, 6.45) is 1.77. The molecule has 0 aliphatic carbocycles. The highest BCUT2D eigenvalue weighted by Crippen LogP contribution is 2.42. The summed E-state index contributed by atoms with van der Waals surface area (Å²) in [5, 5.41) is 0.883. The molecule has 0 bridgehead atoms. The number of fused-ring (bicyclic) bond motifs is 1. The number of nitrogens with zero attached hydrogens (tertiary/aromatic N) is 1. The lowest BCUT2D eigenvalue weighted by Gasteiger charge is -2.24. The topological polar surface area (TPSA) is 23.4 Å². The fourth-order valence-corrected chi connectivity index (χ4v) is 5.60. The van der Waals surface area contributed by atoms with E-state index in [0.29, 0.717) is 25.6 Å². The van der Waals surface area contributed by atoms with Crippen molar-refractivity contribution >= 4 is 33.5 Å². The van der Waals surface area contributed by atoms with Crippen molar-refractivity contribution < 1.29 is 18.3 Å². The third kappa shape index (κ3) is 4.13. The van der Waals surface area contributed by atoms with Gasteiger partial charge in [0.05, 0.1) is 10.9 Å². The molecule has 1 fully saturated rings. The molecule has 32 heavy (non-hydrogen) atoms. The van der Waals surface area contributed by atoms with Crippen molar-refractivity contribution in [2.24, 2.45) is 0 Å². The largest absolute Gasteiger partial charge is 0.488 e. The summed E-state index contributed by atoms with van der Waals surface area (Å²) in [6.45, 7) is 1.73. The number of halogens is 3. The van der Waals surface area contributed by atoms with E-state index in [1.54, 1.807) is 18.2 Å². The zero-order valence-corrected chi connectivity index (χ0v) is 19.5. The van der Waals surface area contributed by atoms with Crippen molar-refractivity contribution in [1.29, 1.82) is 0 Å². The number of hydrogen-bond donors (Lipinski definition) is 0. The number of benzene rings is 3. The molecule has 6 heteroatoms. The standard InChI is InChI=1S/C26H22F2INO2/c27-19-6-8-21(9-7-19)30-22-14-20(28)15-23(32-16-17-4-2-1-3-5-17)24(22)25(29)26(30)18-10-12-31-13-11-18/h1-9,14-15,18H,10-13,16H2. The average molecular weight is 545 g/mol. The van der Waals surface area contributed by atoms with E-state index in [2.05, 4.69) is 27.2 Å². The van der Waals surface area contributed by atoms with E-state index in [1.807, 2.05) is 30.3 Å². The lowest BCUT2D eigenvalue weighted by Crippen LogP contribution is -2.17. The first kappa shape index (κ1) is 21.4. The summed E-state index contributed by atoms with van der Waals surface area (Å²) >= 11 is 2.35. The Labute approximate surface area is 199 Å². The second-order valence-electron chi connectivity index (χ2n) is 7.97. The van der Waals surface area contributed by atoms with E-state index in [4.69, 9.17) is 9.47 Å². The zero-order chi connectivity index (χ0) is 22.1. The molecule has 164 valence electrons. The smallest absolute Gasteiger partial charge is 0.133 e. The Bertz CT molecular complexity index is 1230. The first-order valence-corrected chi connectivity index (χ1v) is 11.7. The second-order valence-corrected chi connectivity index (χ2v) is 9.05. The van der Waals surface area contributed by atoms with Crippen molar-refractivity contribution in [2.75, 3.05) is 13.2 Å². The van der Waals surface area contributed by atoms with Crippen LogP contribution in [-0.4, -0.2) is 17.8 Å². The molecule has 1 saturated heterocycles. The number of hydrogen-bond acceptors (Lipinski definition) is 2. The minimum Gasteiger partial charge on any atom is -0.488 e. The van der Waals surface area contributed by atoms with Gasteiger partial charge in [-0.25, -0.2) is 8.78 Å². The van der Waals surface area contributed by atoms with E-state index in [1.165, 1.54) is 18.2 Å². The van der Waals surface area contributed by atoms with Crippen LogP contribution in [0.25, 0.3) is 16.6 Å². The SMILES string of the molecule is Fc1ccc(-n2c(C3CCOCC3)c(I)c3c(OCc4ccccc4)cc(F)cc32)cc1. The van der Waals surface area contributed by atoms with Crippen LogP contribution in [-0.2, 0) is 11.3 Å². The maximum absolute atomic E-state index is 14.8. The molecule has 4 aromatic rings. The molecule has 0 unspecified atom stereocenters. The zero-order valence-electron chi connectivity index (χ0n) is 17.4. The van der Waals surface area contributed by atoms with Crippen LogP contribution in [0.4, 0.5) is 8.78 Å². The average Bonchev–Trinajstić information content (AvgIpc) is 3.11. The van der Waals surface area contributed by atoms with Crippen molar-refractivity contribution in [3.05, 3.63) is 93.2 Å². The molecule has 5 rings (SSSR count). The highest BCUT2D eigenvalue weighted by Gasteiger charge is 2.28. The summed E-state index contributed by atoms with van der Waals surface area (Å²) in [4.78, 5) is 0. The van der Waals surface area contributed by atoms with Crippen molar-refractivity contribution in [3.8, 4) is 11.4 Å². The number of aromatic nitrogens is 1. The molecular formula is C26H22F2INO2. The molecule has 1 aromatic heterocycles. The maximum Gasteiger partial charge on any atom is 0.133 e. The van der Waals surface area contributed by atoms with Crippen molar-refractivity contribution in [3.63, 3.8) is 0 Å². The molecule has 1 aliphatic heterocycles. The van der Waals surface area contributed by atoms with Crippen LogP contribution in [0.1, 0.15) is 30.0 Å². The highest BCUT2D eigenvalue weighted by atomic mass is 127. The predicted molar refractivity (Wildman–Crippen MR) is 129 cm³/mol. The molecule has 3 aromatic carbocycles. The van der Waals surface area contributed by atoms with Gasteiger partial charge < -0.3 is 14.0 Å². The maximum atomic E-state index is 14.8. The normalized spacial score (nSPS) is 14.7. The van der Waals surface area contributed by atoms with Crippen molar-refractivity contribution in [1.82, 2.24) is 4.57 Å². The highest BCUT2D eigenvalue weighted by molar-refractivity contribution is 14.1. The van der Waals surface area contributed by atoms with E-state index in [0.717, 1.165) is 44.3 Å². The Morgan fingerprint density at radius 2 is 1.66 bits per heavy atom. The summed E-state index contributed by atoms with van der Waals surface area (Å²) in [5.41, 5.74) is 3.65. The van der Waals surface area contributed by atoms with Gasteiger partial charge in [0.1, 0.15) is 24.0 Å². The molecule has 0 radical (unpaired) electrons. The third-order valence-electron chi connectivity index (χ3n) is 5.90. The molecular weight excluding hydrogens is 523 g/mol. The Morgan fingerprint density at radius 1 is 0.938 bits per heavy atom. The van der Waals surface area contributed by atoms with Gasteiger partial charge in [0.25, 0.3) is 0 Å². The van der Waals surface area contributed by atoms with Gasteiger partial charge in [0, 0.05) is 40.1 Å². The molecule has 0 amide bonds. The quantitative estimate of drug-likeness (QED) is 0.253. The molecule has 0 N–H and O–H groups in total. The molecule has 2 heterocycles. The van der Waals surface area contributed by atoms with E-state index in [-0.39, 0.29) is 17.6 Å². The number of rotatable bonds is 5. The summed E-state index contributed by atoms with van der Waals surface area (Å²) < 4.78 is 43.3. The molecule has 0 saturated carbocycles. The first-order chi connectivity index (χ1) is 15.6. The molecule has 1 aliphatic rings. The molecule has 3 nitrogen and oxygen atoms in total. The molecule has 0 atom stereocenters. The van der Waals surface area contributed by atoms with Crippen LogP contribution in [0, 0.1) is 15.2 Å². The lowest BCUT2D eigenvalue weighted by atomic mass is 9.96. The van der Waals surface area contributed by atoms with Gasteiger partial charge in [-0.3, -0.25) is 0 Å². The van der Waals surface area contributed by atoms with Gasteiger partial charge in [0.15, 0.2) is 0 Å². The molecule has 0 spiro atoms. The van der Waals surface area contributed by atoms with Crippen molar-refractivity contribution in [2.45, 2.75) is 25.4 Å². The van der Waals surface area contributed by atoms with Crippen LogP contribution in [0.15, 0.2) is 66.7 Å². The van der Waals surface area contributed by atoms with Gasteiger partial charge in [0.2, 0.25) is 0 Å². The Balaban J connectivity index is 1.69. The second kappa shape index (κ2) is 9.19. The van der Waals surface area contributed by atoms with Gasteiger partial charge in [-0.2, -0.15) is 0 Å². The van der Waals surface area contributed by atoms with Gasteiger partial charge in [-0.1, -0.05) is 30.3 Å². The van der Waals surface area contributed by atoms with Gasteiger partial charge in [-0.05, 0) is 71.3 Å². The van der Waals surface area contributed by atoms with E-state index >= 15 is 0 Å². The lowest BCUT2D eigenvalue weighted by molar-refractivity contribution is 0.0841. The number of ether oxygens (including phenoxy) is 2. The van der Waals surface area contributed by atoms with E-state index in [9.17, 15) is 8.78 Å². The summed E-state index contributed by atoms with van der Waals surface area (Å²) in [7, 11) is 0. The predicted octanol–water partition coefficient (Wildman–Crippen LogP) is 6.99. The van der Waals surface area contributed by atoms with Crippen LogP contribution >= 0.6 is 22.6 Å². The van der Waals surface area contributed by atoms with Crippen LogP contribution in [0.5, 0.6) is 5.75 Å². The summed E-state index contributed by atoms with van der Waals surface area (Å²) in [6, 6.07) is 19.2.